The van der Waals surface area contributed by atoms with E-state index in [-0.39, 0.29) is 11.8 Å². The van der Waals surface area contributed by atoms with Gasteiger partial charge in [0.2, 0.25) is 9.70 Å². The largest absolute Gasteiger partial charge is 0.365 e. The summed E-state index contributed by atoms with van der Waals surface area (Å²) in [6.07, 6.45) is 2.82. The van der Waals surface area contributed by atoms with E-state index in [1.54, 1.807) is 13.8 Å². The van der Waals surface area contributed by atoms with Gasteiger partial charge in [0.1, 0.15) is 11.2 Å². The number of primary amides is 1. The van der Waals surface area contributed by atoms with E-state index in [2.05, 4.69) is 10.6 Å². The minimum absolute atomic E-state index is 0.263. The van der Waals surface area contributed by atoms with Crippen molar-refractivity contribution in [1.82, 2.24) is 5.32 Å². The molecule has 1 aliphatic carbocycles. The summed E-state index contributed by atoms with van der Waals surface area (Å²) in [6, 6.07) is 0. The lowest BCUT2D eigenvalue weighted by Gasteiger charge is -2.27. The first-order valence-electron chi connectivity index (χ1n) is 7.69. The van der Waals surface area contributed by atoms with Gasteiger partial charge in [-0.05, 0) is 31.2 Å². The van der Waals surface area contributed by atoms with E-state index in [0.29, 0.717) is 10.6 Å². The van der Waals surface area contributed by atoms with Crippen molar-refractivity contribution in [3.63, 3.8) is 0 Å². The molecule has 0 saturated heterocycles. The van der Waals surface area contributed by atoms with Gasteiger partial charge in [0.05, 0.1) is 5.56 Å². The number of nitrogens with one attached hydrogen (secondary N) is 2. The Morgan fingerprint density at radius 1 is 1.21 bits per heavy atom. The van der Waals surface area contributed by atoms with E-state index in [1.165, 1.54) is 11.3 Å². The molecule has 0 spiro atoms. The molecule has 0 radical (unpaired) electrons. The first-order chi connectivity index (χ1) is 11.1. The van der Waals surface area contributed by atoms with Crippen molar-refractivity contribution in [2.75, 3.05) is 5.32 Å². The molecule has 1 aromatic heterocycles. The fourth-order valence-electron chi connectivity index (χ4n) is 2.57. The molecule has 1 aromatic rings. The van der Waals surface area contributed by atoms with Crippen LogP contribution in [0.25, 0.3) is 0 Å². The van der Waals surface area contributed by atoms with Crippen LogP contribution in [0.2, 0.25) is 0 Å². The number of thiophene rings is 1. The fraction of sp³-hybridized carbons (Fsp3) is 0.600. The summed E-state index contributed by atoms with van der Waals surface area (Å²) in [5.41, 5.74) is 6.97. The molecule has 0 aromatic carbocycles. The van der Waals surface area contributed by atoms with Crippen molar-refractivity contribution < 1.29 is 9.59 Å². The number of carbonyl (C=O) groups excluding carboxylic acids is 2. The van der Waals surface area contributed by atoms with Crippen LogP contribution in [0.5, 0.6) is 0 Å². The molecular formula is C15H20Cl3N3O2S. The van der Waals surface area contributed by atoms with Crippen molar-refractivity contribution in [3.05, 3.63) is 16.0 Å². The molecule has 9 heteroatoms. The lowest BCUT2D eigenvalue weighted by Crippen LogP contribution is -2.50. The van der Waals surface area contributed by atoms with E-state index in [9.17, 15) is 9.59 Å². The highest BCUT2D eigenvalue weighted by Gasteiger charge is 2.36. The molecular weight excluding hydrogens is 393 g/mol. The second-order valence-corrected chi connectivity index (χ2v) is 9.54. The van der Waals surface area contributed by atoms with Gasteiger partial charge < -0.3 is 16.4 Å². The number of fused-ring (bicyclic) bond motifs is 1. The van der Waals surface area contributed by atoms with Gasteiger partial charge >= 0.3 is 0 Å². The zero-order valence-corrected chi connectivity index (χ0v) is 16.5. The highest BCUT2D eigenvalue weighted by molar-refractivity contribution is 7.16. The fourth-order valence-corrected chi connectivity index (χ4v) is 4.22. The molecule has 1 heterocycles. The van der Waals surface area contributed by atoms with E-state index in [4.69, 9.17) is 40.5 Å². The topological polar surface area (TPSA) is 84.2 Å². The second-order valence-electron chi connectivity index (χ2n) is 6.06. The van der Waals surface area contributed by atoms with Gasteiger partial charge in [0.15, 0.2) is 0 Å². The predicted molar refractivity (Wildman–Crippen MR) is 100 cm³/mol. The summed E-state index contributed by atoms with van der Waals surface area (Å²) in [7, 11) is 0. The predicted octanol–water partition coefficient (Wildman–Crippen LogP) is 3.61. The Morgan fingerprint density at radius 2 is 1.83 bits per heavy atom. The zero-order chi connectivity index (χ0) is 18.1. The Kier molecular flexibility index (Phi) is 6.29. The van der Waals surface area contributed by atoms with Gasteiger partial charge in [-0.3, -0.25) is 9.59 Å². The number of rotatable bonds is 5. The van der Waals surface area contributed by atoms with Crippen molar-refractivity contribution in [2.45, 2.75) is 49.5 Å². The minimum atomic E-state index is -1.79. The third-order valence-electron chi connectivity index (χ3n) is 3.83. The number of amides is 2. The number of carbonyl (C=O) groups is 2. The molecule has 0 unspecified atom stereocenters. The van der Waals surface area contributed by atoms with Gasteiger partial charge in [-0.15, -0.1) is 11.3 Å². The van der Waals surface area contributed by atoms with Gasteiger partial charge in [-0.1, -0.05) is 48.7 Å². The number of alkyl halides is 3. The molecule has 4 N–H and O–H groups in total. The SMILES string of the molecule is CC(C)C(=O)N[C@H](Nc1sc2c(c1C(N)=O)CCCC2)C(Cl)(Cl)Cl. The van der Waals surface area contributed by atoms with Gasteiger partial charge in [0, 0.05) is 10.8 Å². The maximum absolute atomic E-state index is 12.0. The quantitative estimate of drug-likeness (QED) is 0.510. The molecule has 2 amide bonds. The van der Waals surface area contributed by atoms with Crippen molar-refractivity contribution in [1.29, 1.82) is 0 Å². The zero-order valence-electron chi connectivity index (χ0n) is 13.4. The Bertz CT molecular complexity index is 641. The third kappa shape index (κ3) is 4.48. The molecule has 1 aliphatic rings. The van der Waals surface area contributed by atoms with Crippen LogP contribution in [0.4, 0.5) is 5.00 Å². The molecule has 134 valence electrons. The van der Waals surface area contributed by atoms with Gasteiger partial charge in [-0.2, -0.15) is 0 Å². The van der Waals surface area contributed by atoms with Crippen LogP contribution >= 0.6 is 46.1 Å². The van der Waals surface area contributed by atoms with Crippen LogP contribution in [0.1, 0.15) is 47.5 Å². The van der Waals surface area contributed by atoms with Crippen LogP contribution < -0.4 is 16.4 Å². The summed E-state index contributed by atoms with van der Waals surface area (Å²) in [4.78, 5) is 25.0. The third-order valence-corrected chi connectivity index (χ3v) is 5.71. The number of anilines is 1. The number of aryl methyl sites for hydroxylation is 1. The molecule has 24 heavy (non-hydrogen) atoms. The Labute approximate surface area is 160 Å². The van der Waals surface area contributed by atoms with E-state index >= 15 is 0 Å². The highest BCUT2D eigenvalue weighted by atomic mass is 35.6. The minimum Gasteiger partial charge on any atom is -0.365 e. The van der Waals surface area contributed by atoms with Crippen molar-refractivity contribution in [2.24, 2.45) is 11.7 Å². The smallest absolute Gasteiger partial charge is 0.251 e. The maximum atomic E-state index is 12.0. The summed E-state index contributed by atoms with van der Waals surface area (Å²) in [5, 5.41) is 6.20. The Balaban J connectivity index is 2.33. The number of halogens is 3. The van der Waals surface area contributed by atoms with Crippen LogP contribution in [0.3, 0.4) is 0 Å². The maximum Gasteiger partial charge on any atom is 0.251 e. The van der Waals surface area contributed by atoms with Crippen molar-refractivity contribution >= 4 is 63.0 Å². The Morgan fingerprint density at radius 3 is 2.38 bits per heavy atom. The van der Waals surface area contributed by atoms with Gasteiger partial charge in [0.25, 0.3) is 5.91 Å². The van der Waals surface area contributed by atoms with E-state index < -0.39 is 15.9 Å². The summed E-state index contributed by atoms with van der Waals surface area (Å²) in [6.45, 7) is 3.48. The average Bonchev–Trinajstić information content (AvgIpc) is 2.83. The lowest BCUT2D eigenvalue weighted by atomic mass is 9.95. The summed E-state index contributed by atoms with van der Waals surface area (Å²) < 4.78 is -1.79. The normalized spacial score (nSPS) is 15.8. The molecule has 2 rings (SSSR count). The second kappa shape index (κ2) is 7.68. The Hall–Kier alpha value is -0.690. The highest BCUT2D eigenvalue weighted by Crippen LogP contribution is 2.40. The number of nitrogens with two attached hydrogens (primary N) is 1. The van der Waals surface area contributed by atoms with Crippen LogP contribution in [0.15, 0.2) is 0 Å². The molecule has 0 bridgehead atoms. The number of hydrogen-bond donors (Lipinski definition) is 3. The lowest BCUT2D eigenvalue weighted by molar-refractivity contribution is -0.124. The van der Waals surface area contributed by atoms with Crippen molar-refractivity contribution in [3.8, 4) is 0 Å². The standard InChI is InChI=1S/C15H20Cl3N3O2S/c1-7(2)12(23)20-14(15(16,17)18)21-13-10(11(19)22)8-5-3-4-6-9(8)24-13/h7,14,21H,3-6H2,1-2H3,(H2,19,22)(H,20,23)/t14-/m1/s1. The molecule has 0 fully saturated rings. The first-order valence-corrected chi connectivity index (χ1v) is 9.64. The molecule has 1 atom stereocenters. The molecule has 5 nitrogen and oxygen atoms in total. The monoisotopic (exact) mass is 411 g/mol. The van der Waals surface area contributed by atoms with Crippen LogP contribution in [-0.2, 0) is 17.6 Å². The van der Waals surface area contributed by atoms with Crippen LogP contribution in [-0.4, -0.2) is 21.8 Å². The van der Waals surface area contributed by atoms with Gasteiger partial charge in [-0.25, -0.2) is 0 Å². The summed E-state index contributed by atoms with van der Waals surface area (Å²) in [5.74, 6) is -1.05. The van der Waals surface area contributed by atoms with Crippen LogP contribution in [0, 0.1) is 5.92 Å². The number of hydrogen-bond acceptors (Lipinski definition) is 4. The summed E-state index contributed by atoms with van der Waals surface area (Å²) >= 11 is 19.4. The molecule has 0 saturated carbocycles. The first kappa shape index (κ1) is 19.6. The van der Waals surface area contributed by atoms with E-state index in [1.807, 2.05) is 0 Å². The van der Waals surface area contributed by atoms with E-state index in [0.717, 1.165) is 36.1 Å². The molecule has 0 aliphatic heterocycles. The average molecular weight is 413 g/mol.